The standard InChI is InChI=1S/C36H26FN3O3S/c1-21-6-4-8-28(37)33(21)39-35(42)32-20-25-16-17-40(31-11-3-2-7-27(31)34(25)44-32)36(43)30-10-5-9-29(38-30)24-13-12-23-19-26(41)15-14-22(23)18-24/h2-15,18,20H,16-17,19H2,1H3,(H,39,42). The summed E-state index contributed by atoms with van der Waals surface area (Å²) < 4.78 is 14.4. The number of benzene rings is 3. The second kappa shape index (κ2) is 11.1. The highest BCUT2D eigenvalue weighted by Gasteiger charge is 2.28. The fraction of sp³-hybridized carbons (Fsp3) is 0.111. The van der Waals surface area contributed by atoms with E-state index in [0.29, 0.717) is 41.2 Å². The Labute approximate surface area is 257 Å². The molecule has 1 aliphatic carbocycles. The second-order valence-corrected chi connectivity index (χ2v) is 11.9. The van der Waals surface area contributed by atoms with Crippen LogP contribution in [0.2, 0.25) is 0 Å². The van der Waals surface area contributed by atoms with Crippen LogP contribution < -0.4 is 10.2 Å². The number of allylic oxidation sites excluding steroid dienone is 1. The molecule has 7 rings (SSSR count). The van der Waals surface area contributed by atoms with Crippen LogP contribution in [0, 0.1) is 12.7 Å². The molecule has 0 fully saturated rings. The molecule has 44 heavy (non-hydrogen) atoms. The molecule has 216 valence electrons. The van der Waals surface area contributed by atoms with Gasteiger partial charge in [-0.2, -0.15) is 0 Å². The first-order chi connectivity index (χ1) is 21.4. The molecule has 2 aliphatic rings. The van der Waals surface area contributed by atoms with E-state index in [-0.39, 0.29) is 23.3 Å². The smallest absolute Gasteiger partial charge is 0.276 e. The average molecular weight is 600 g/mol. The third-order valence-electron chi connectivity index (χ3n) is 8.01. The topological polar surface area (TPSA) is 79.4 Å². The third-order valence-corrected chi connectivity index (χ3v) is 9.22. The van der Waals surface area contributed by atoms with Gasteiger partial charge in [-0.1, -0.05) is 54.6 Å². The summed E-state index contributed by atoms with van der Waals surface area (Å²) in [6.45, 7) is 2.15. The lowest BCUT2D eigenvalue weighted by Gasteiger charge is -2.23. The van der Waals surface area contributed by atoms with E-state index in [0.717, 1.165) is 38.4 Å². The lowest BCUT2D eigenvalue weighted by atomic mass is 9.94. The number of carbonyl (C=O) groups is 3. The van der Waals surface area contributed by atoms with Crippen molar-refractivity contribution in [2.24, 2.45) is 0 Å². The van der Waals surface area contributed by atoms with Crippen LogP contribution in [0.15, 0.2) is 91.0 Å². The largest absolute Gasteiger partial charge is 0.319 e. The highest BCUT2D eigenvalue weighted by atomic mass is 32.1. The van der Waals surface area contributed by atoms with Crippen LogP contribution in [0.4, 0.5) is 15.8 Å². The van der Waals surface area contributed by atoms with Crippen LogP contribution in [0.3, 0.4) is 0 Å². The summed E-state index contributed by atoms with van der Waals surface area (Å²) in [5.74, 6) is -0.980. The van der Waals surface area contributed by atoms with Crippen molar-refractivity contribution in [3.8, 4) is 21.7 Å². The van der Waals surface area contributed by atoms with E-state index in [1.807, 2.05) is 66.7 Å². The average Bonchev–Trinajstić information content (AvgIpc) is 3.40. The molecular formula is C36H26FN3O3S. The van der Waals surface area contributed by atoms with Gasteiger partial charge in [-0.3, -0.25) is 14.4 Å². The van der Waals surface area contributed by atoms with E-state index in [4.69, 9.17) is 4.98 Å². The van der Waals surface area contributed by atoms with Gasteiger partial charge in [0.1, 0.15) is 11.5 Å². The molecule has 2 aromatic heterocycles. The number of ketones is 1. The van der Waals surface area contributed by atoms with Crippen LogP contribution in [-0.2, 0) is 17.6 Å². The molecule has 3 heterocycles. The van der Waals surface area contributed by atoms with Crippen LogP contribution in [0.1, 0.15) is 42.4 Å². The maximum absolute atomic E-state index is 14.4. The molecule has 0 atom stereocenters. The van der Waals surface area contributed by atoms with Gasteiger partial charge in [0.15, 0.2) is 5.78 Å². The van der Waals surface area contributed by atoms with E-state index >= 15 is 0 Å². The zero-order chi connectivity index (χ0) is 30.4. The fourth-order valence-electron chi connectivity index (χ4n) is 5.74. The Morgan fingerprint density at radius 1 is 0.932 bits per heavy atom. The van der Waals surface area contributed by atoms with E-state index in [2.05, 4.69) is 5.32 Å². The van der Waals surface area contributed by atoms with Crippen molar-refractivity contribution >= 4 is 46.4 Å². The van der Waals surface area contributed by atoms with Crippen molar-refractivity contribution in [2.75, 3.05) is 16.8 Å². The molecule has 8 heteroatoms. The first-order valence-corrected chi connectivity index (χ1v) is 15.1. The molecule has 5 aromatic rings. The molecule has 0 saturated carbocycles. The SMILES string of the molecule is Cc1cccc(F)c1NC(=O)c1cc2c(s1)-c1ccccc1N(C(=O)c1cccc(-c3ccc4c(c3)C=CC(=O)C4)n1)CC2. The summed E-state index contributed by atoms with van der Waals surface area (Å²) in [5.41, 5.74) is 7.19. The number of pyridine rings is 1. The first-order valence-electron chi connectivity index (χ1n) is 14.3. The minimum atomic E-state index is -0.478. The van der Waals surface area contributed by atoms with Crippen molar-refractivity contribution in [1.29, 1.82) is 0 Å². The zero-order valence-electron chi connectivity index (χ0n) is 23.8. The number of rotatable bonds is 4. The van der Waals surface area contributed by atoms with Gasteiger partial charge >= 0.3 is 0 Å². The van der Waals surface area contributed by atoms with Crippen molar-refractivity contribution in [3.63, 3.8) is 0 Å². The molecule has 0 unspecified atom stereocenters. The van der Waals surface area contributed by atoms with Crippen LogP contribution in [-0.4, -0.2) is 29.1 Å². The Kier molecular flexibility index (Phi) is 6.98. The molecule has 0 bridgehead atoms. The van der Waals surface area contributed by atoms with E-state index in [1.165, 1.54) is 17.4 Å². The molecule has 2 amide bonds. The molecular weight excluding hydrogens is 573 g/mol. The van der Waals surface area contributed by atoms with Gasteiger partial charge in [-0.25, -0.2) is 9.37 Å². The minimum Gasteiger partial charge on any atom is -0.319 e. The number of halogens is 1. The summed E-state index contributed by atoms with van der Waals surface area (Å²) in [6, 6.07) is 25.5. The highest BCUT2D eigenvalue weighted by Crippen LogP contribution is 2.42. The van der Waals surface area contributed by atoms with E-state index in [9.17, 15) is 18.8 Å². The number of thiophene rings is 1. The number of nitrogens with zero attached hydrogens (tertiary/aromatic N) is 2. The molecule has 3 aromatic carbocycles. The number of nitrogens with one attached hydrogen (secondary N) is 1. The molecule has 6 nitrogen and oxygen atoms in total. The molecule has 0 saturated heterocycles. The van der Waals surface area contributed by atoms with Gasteiger partial charge in [0.2, 0.25) is 0 Å². The van der Waals surface area contributed by atoms with Gasteiger partial charge in [0.05, 0.1) is 21.9 Å². The first kappa shape index (κ1) is 27.6. The molecule has 1 aliphatic heterocycles. The highest BCUT2D eigenvalue weighted by molar-refractivity contribution is 7.17. The number of aryl methyl sites for hydroxylation is 1. The van der Waals surface area contributed by atoms with Crippen LogP contribution in [0.25, 0.3) is 27.8 Å². The number of aromatic nitrogens is 1. The summed E-state index contributed by atoms with van der Waals surface area (Å²) >= 11 is 1.34. The lowest BCUT2D eigenvalue weighted by Crippen LogP contribution is -2.33. The predicted molar refractivity (Wildman–Crippen MR) is 172 cm³/mol. The molecule has 1 N–H and O–H groups in total. The van der Waals surface area contributed by atoms with Crippen molar-refractivity contribution in [1.82, 2.24) is 4.98 Å². The molecule has 0 radical (unpaired) electrons. The second-order valence-electron chi connectivity index (χ2n) is 10.9. The van der Waals surface area contributed by atoms with Crippen molar-refractivity contribution in [2.45, 2.75) is 19.8 Å². The third kappa shape index (κ3) is 5.03. The maximum atomic E-state index is 14.4. The Balaban J connectivity index is 1.18. The number of fused-ring (bicyclic) bond motifs is 4. The predicted octanol–water partition coefficient (Wildman–Crippen LogP) is 7.52. The monoisotopic (exact) mass is 599 g/mol. The zero-order valence-corrected chi connectivity index (χ0v) is 24.6. The van der Waals surface area contributed by atoms with Crippen molar-refractivity contribution in [3.05, 3.63) is 130 Å². The summed E-state index contributed by atoms with van der Waals surface area (Å²) in [4.78, 5) is 46.8. The normalized spacial score (nSPS) is 13.5. The summed E-state index contributed by atoms with van der Waals surface area (Å²) in [5, 5.41) is 2.73. The quantitative estimate of drug-likeness (QED) is 0.232. The Hall–Kier alpha value is -5.21. The Bertz CT molecular complexity index is 2010. The summed E-state index contributed by atoms with van der Waals surface area (Å²) in [7, 11) is 0. The number of hydrogen-bond acceptors (Lipinski definition) is 5. The number of para-hydroxylation sites is 2. The number of amides is 2. The minimum absolute atomic E-state index is 0.0835. The maximum Gasteiger partial charge on any atom is 0.276 e. The van der Waals surface area contributed by atoms with Crippen LogP contribution in [0.5, 0.6) is 0 Å². The van der Waals surface area contributed by atoms with Gasteiger partial charge in [0, 0.05) is 29.0 Å². The van der Waals surface area contributed by atoms with Crippen LogP contribution >= 0.6 is 11.3 Å². The fourth-order valence-corrected chi connectivity index (χ4v) is 6.88. The van der Waals surface area contributed by atoms with E-state index < -0.39 is 5.82 Å². The Morgan fingerprint density at radius 3 is 2.64 bits per heavy atom. The van der Waals surface area contributed by atoms with Gasteiger partial charge in [0.25, 0.3) is 11.8 Å². The Morgan fingerprint density at radius 2 is 1.77 bits per heavy atom. The van der Waals surface area contributed by atoms with Gasteiger partial charge in [-0.15, -0.1) is 11.3 Å². The number of hydrogen-bond donors (Lipinski definition) is 1. The van der Waals surface area contributed by atoms with Gasteiger partial charge < -0.3 is 10.2 Å². The van der Waals surface area contributed by atoms with E-state index in [1.54, 1.807) is 36.1 Å². The van der Waals surface area contributed by atoms with Crippen molar-refractivity contribution < 1.29 is 18.8 Å². The number of anilines is 2. The van der Waals surface area contributed by atoms with Gasteiger partial charge in [-0.05, 0) is 78.1 Å². The number of carbonyl (C=O) groups excluding carboxylic acids is 3. The lowest BCUT2D eigenvalue weighted by molar-refractivity contribution is -0.114. The molecule has 0 spiro atoms. The summed E-state index contributed by atoms with van der Waals surface area (Å²) in [6.07, 6.45) is 4.33.